The zero-order valence-corrected chi connectivity index (χ0v) is 12.3. The van der Waals surface area contributed by atoms with Crippen molar-refractivity contribution in [3.8, 4) is 0 Å². The summed E-state index contributed by atoms with van der Waals surface area (Å²) in [5.41, 5.74) is 2.95. The van der Waals surface area contributed by atoms with Gasteiger partial charge in [-0.25, -0.2) is 4.99 Å². The number of fused-ring (bicyclic) bond motifs is 1. The number of carbonyl (C=O) groups is 1. The van der Waals surface area contributed by atoms with Crippen LogP contribution in [0.1, 0.15) is 17.2 Å². The van der Waals surface area contributed by atoms with Crippen LogP contribution >= 0.6 is 15.9 Å². The van der Waals surface area contributed by atoms with Crippen LogP contribution in [-0.2, 0) is 11.3 Å². The van der Waals surface area contributed by atoms with Gasteiger partial charge in [0.2, 0.25) is 0 Å². The van der Waals surface area contributed by atoms with Gasteiger partial charge in [0, 0.05) is 16.6 Å². The Balaban J connectivity index is 1.93. The minimum Gasteiger partial charge on any atom is -0.344 e. The number of aldehydes is 1. The summed E-state index contributed by atoms with van der Waals surface area (Å²) < 4.78 is 0.958. The molecule has 0 N–H and O–H groups in total. The standard InChI is InChI=1S/C16H13BrN2O/c17-13-6-7-15-14(8-13)16(10-20)19(11-18-15)9-12-4-2-1-3-5-12/h1-8,10-11,16H,9H2. The second-order valence-electron chi connectivity index (χ2n) is 4.69. The molecule has 3 nitrogen and oxygen atoms in total. The molecule has 0 saturated carbocycles. The van der Waals surface area contributed by atoms with E-state index in [1.807, 2.05) is 53.4 Å². The number of benzene rings is 2. The van der Waals surface area contributed by atoms with E-state index in [2.05, 4.69) is 20.9 Å². The van der Waals surface area contributed by atoms with Gasteiger partial charge in [0.15, 0.2) is 0 Å². The van der Waals surface area contributed by atoms with E-state index in [4.69, 9.17) is 0 Å². The van der Waals surface area contributed by atoms with Crippen molar-refractivity contribution in [3.05, 3.63) is 64.1 Å². The fraction of sp³-hybridized carbons (Fsp3) is 0.125. The van der Waals surface area contributed by atoms with Gasteiger partial charge in [0.25, 0.3) is 0 Å². The Morgan fingerprint density at radius 1 is 1.20 bits per heavy atom. The van der Waals surface area contributed by atoms with E-state index in [1.54, 1.807) is 6.34 Å². The van der Waals surface area contributed by atoms with E-state index in [0.29, 0.717) is 6.54 Å². The molecular formula is C16H13BrN2O. The van der Waals surface area contributed by atoms with Gasteiger partial charge in [-0.15, -0.1) is 0 Å². The summed E-state index contributed by atoms with van der Waals surface area (Å²) in [7, 11) is 0. The largest absolute Gasteiger partial charge is 0.344 e. The van der Waals surface area contributed by atoms with E-state index in [9.17, 15) is 4.79 Å². The third kappa shape index (κ3) is 2.51. The summed E-state index contributed by atoms with van der Waals surface area (Å²) in [5.74, 6) is 0. The minimum atomic E-state index is -0.291. The molecule has 3 rings (SSSR count). The van der Waals surface area contributed by atoms with Gasteiger partial charge in [-0.3, -0.25) is 0 Å². The van der Waals surface area contributed by atoms with Crippen molar-refractivity contribution in [2.24, 2.45) is 4.99 Å². The maximum absolute atomic E-state index is 11.5. The molecule has 0 bridgehead atoms. The number of halogens is 1. The van der Waals surface area contributed by atoms with Gasteiger partial charge in [-0.2, -0.15) is 0 Å². The summed E-state index contributed by atoms with van der Waals surface area (Å²) >= 11 is 3.45. The molecule has 1 heterocycles. The molecule has 0 fully saturated rings. The molecule has 1 aliphatic heterocycles. The lowest BCUT2D eigenvalue weighted by molar-refractivity contribution is -0.111. The molecule has 0 amide bonds. The molecule has 2 aromatic carbocycles. The second-order valence-corrected chi connectivity index (χ2v) is 5.60. The van der Waals surface area contributed by atoms with Crippen LogP contribution < -0.4 is 0 Å². The topological polar surface area (TPSA) is 32.7 Å². The molecule has 0 saturated heterocycles. The van der Waals surface area contributed by atoms with E-state index < -0.39 is 0 Å². The molecule has 1 atom stereocenters. The molecule has 1 aliphatic rings. The van der Waals surface area contributed by atoms with Gasteiger partial charge in [0.1, 0.15) is 12.3 Å². The molecule has 2 aromatic rings. The van der Waals surface area contributed by atoms with Crippen molar-refractivity contribution in [1.29, 1.82) is 0 Å². The molecule has 4 heteroatoms. The van der Waals surface area contributed by atoms with Gasteiger partial charge in [-0.1, -0.05) is 46.3 Å². The Hall–Kier alpha value is -1.94. The Morgan fingerprint density at radius 3 is 2.75 bits per heavy atom. The van der Waals surface area contributed by atoms with E-state index >= 15 is 0 Å². The van der Waals surface area contributed by atoms with Crippen LogP contribution in [0.3, 0.4) is 0 Å². The van der Waals surface area contributed by atoms with Crippen molar-refractivity contribution < 1.29 is 4.79 Å². The summed E-state index contributed by atoms with van der Waals surface area (Å²) in [6.45, 7) is 0.666. The fourth-order valence-corrected chi connectivity index (χ4v) is 2.73. The molecule has 1 unspecified atom stereocenters. The molecule has 0 aliphatic carbocycles. The maximum Gasteiger partial charge on any atom is 0.147 e. The number of aliphatic imine (C=N–C) groups is 1. The van der Waals surface area contributed by atoms with Gasteiger partial charge >= 0.3 is 0 Å². The van der Waals surface area contributed by atoms with Crippen LogP contribution in [-0.4, -0.2) is 17.5 Å². The highest BCUT2D eigenvalue weighted by atomic mass is 79.9. The Morgan fingerprint density at radius 2 is 2.00 bits per heavy atom. The van der Waals surface area contributed by atoms with Crippen LogP contribution in [0.15, 0.2) is 58.0 Å². The van der Waals surface area contributed by atoms with Crippen LogP contribution in [0.25, 0.3) is 0 Å². The molecule has 0 aromatic heterocycles. The third-order valence-corrected chi connectivity index (χ3v) is 3.84. The molecule has 100 valence electrons. The normalized spacial score (nSPS) is 16.9. The number of rotatable bonds is 3. The SMILES string of the molecule is O=CC1c2cc(Br)ccc2N=CN1Cc1ccccc1. The van der Waals surface area contributed by atoms with Crippen molar-refractivity contribution in [2.45, 2.75) is 12.6 Å². The van der Waals surface area contributed by atoms with Crippen molar-refractivity contribution >= 4 is 34.2 Å². The van der Waals surface area contributed by atoms with Crippen LogP contribution in [0.2, 0.25) is 0 Å². The number of hydrogen-bond acceptors (Lipinski definition) is 3. The highest BCUT2D eigenvalue weighted by Gasteiger charge is 2.24. The van der Waals surface area contributed by atoms with Crippen molar-refractivity contribution in [2.75, 3.05) is 0 Å². The zero-order valence-electron chi connectivity index (χ0n) is 10.7. The quantitative estimate of drug-likeness (QED) is 0.801. The maximum atomic E-state index is 11.5. The van der Waals surface area contributed by atoms with Crippen molar-refractivity contribution in [1.82, 2.24) is 4.90 Å². The first-order chi connectivity index (χ1) is 9.78. The van der Waals surface area contributed by atoms with Crippen LogP contribution in [0.4, 0.5) is 5.69 Å². The second kappa shape index (κ2) is 5.59. The van der Waals surface area contributed by atoms with Gasteiger partial charge < -0.3 is 9.69 Å². The first-order valence-corrected chi connectivity index (χ1v) is 7.16. The van der Waals surface area contributed by atoms with Crippen LogP contribution in [0.5, 0.6) is 0 Å². The molecular weight excluding hydrogens is 316 g/mol. The first kappa shape index (κ1) is 13.1. The lowest BCUT2D eigenvalue weighted by Crippen LogP contribution is -2.30. The van der Waals surface area contributed by atoms with Crippen LogP contribution in [0, 0.1) is 0 Å². The predicted octanol–water partition coefficient (Wildman–Crippen LogP) is 3.86. The number of hydrogen-bond donors (Lipinski definition) is 0. The lowest BCUT2D eigenvalue weighted by Gasteiger charge is -2.30. The van der Waals surface area contributed by atoms with E-state index in [-0.39, 0.29) is 6.04 Å². The lowest BCUT2D eigenvalue weighted by atomic mass is 10.0. The predicted molar refractivity (Wildman–Crippen MR) is 83.1 cm³/mol. The minimum absolute atomic E-state index is 0.291. The first-order valence-electron chi connectivity index (χ1n) is 6.36. The summed E-state index contributed by atoms with van der Waals surface area (Å²) in [6.07, 6.45) is 2.72. The highest BCUT2D eigenvalue weighted by Crippen LogP contribution is 2.34. The molecule has 0 spiro atoms. The Kier molecular flexibility index (Phi) is 3.65. The van der Waals surface area contributed by atoms with E-state index in [1.165, 1.54) is 0 Å². The zero-order chi connectivity index (χ0) is 13.9. The Labute approximate surface area is 126 Å². The monoisotopic (exact) mass is 328 g/mol. The smallest absolute Gasteiger partial charge is 0.147 e. The van der Waals surface area contributed by atoms with E-state index in [0.717, 1.165) is 27.6 Å². The summed E-state index contributed by atoms with van der Waals surface area (Å²) in [6, 6.07) is 15.6. The fourth-order valence-electron chi connectivity index (χ4n) is 2.35. The third-order valence-electron chi connectivity index (χ3n) is 3.35. The average Bonchev–Trinajstić information content (AvgIpc) is 2.48. The molecule has 20 heavy (non-hydrogen) atoms. The summed E-state index contributed by atoms with van der Waals surface area (Å²) in [5, 5.41) is 0. The average molecular weight is 329 g/mol. The molecule has 0 radical (unpaired) electrons. The van der Waals surface area contributed by atoms with Gasteiger partial charge in [-0.05, 0) is 23.8 Å². The number of carbonyl (C=O) groups excluding carboxylic acids is 1. The van der Waals surface area contributed by atoms with Gasteiger partial charge in [0.05, 0.1) is 12.0 Å². The highest BCUT2D eigenvalue weighted by molar-refractivity contribution is 9.10. The van der Waals surface area contributed by atoms with Crippen molar-refractivity contribution in [3.63, 3.8) is 0 Å². The summed E-state index contributed by atoms with van der Waals surface area (Å²) in [4.78, 5) is 17.9. The number of nitrogens with zero attached hydrogens (tertiary/aromatic N) is 2. The Bertz CT molecular complexity index is 655.